The third kappa shape index (κ3) is 4.13. The third-order valence-electron chi connectivity index (χ3n) is 7.92. The first kappa shape index (κ1) is 23.7. The minimum atomic E-state index is -3.95. The SMILES string of the molecule is Cc1ccc(OS(=O)(=O)CC23CCC(CC2=O)C3(C)C)c(C(CCI)c2ccccc2)c1. The molecule has 2 aliphatic carbocycles. The molecule has 3 unspecified atom stereocenters. The summed E-state index contributed by atoms with van der Waals surface area (Å²) in [6.07, 6.45) is 2.91. The number of halogens is 1. The molecule has 0 spiro atoms. The van der Waals surface area contributed by atoms with E-state index in [9.17, 15) is 13.2 Å². The highest BCUT2D eigenvalue weighted by Gasteiger charge is 2.65. The number of aryl methyl sites for hydroxylation is 1. The lowest BCUT2D eigenvalue weighted by atomic mass is 9.70. The van der Waals surface area contributed by atoms with Crippen molar-refractivity contribution in [3.8, 4) is 5.75 Å². The summed E-state index contributed by atoms with van der Waals surface area (Å²) < 4.78 is 33.4. The molecule has 3 atom stereocenters. The summed E-state index contributed by atoms with van der Waals surface area (Å²) >= 11 is 2.36. The molecule has 2 bridgehead atoms. The number of benzene rings is 2. The van der Waals surface area contributed by atoms with E-state index in [-0.39, 0.29) is 28.8 Å². The van der Waals surface area contributed by atoms with Crippen LogP contribution < -0.4 is 4.18 Å². The predicted octanol–water partition coefficient (Wildman–Crippen LogP) is 6.06. The van der Waals surface area contributed by atoms with Crippen molar-refractivity contribution in [3.05, 3.63) is 65.2 Å². The zero-order valence-electron chi connectivity index (χ0n) is 18.9. The van der Waals surface area contributed by atoms with Gasteiger partial charge in [-0.1, -0.05) is 84.5 Å². The molecule has 0 radical (unpaired) electrons. The van der Waals surface area contributed by atoms with Crippen molar-refractivity contribution in [2.45, 2.75) is 52.4 Å². The fourth-order valence-electron chi connectivity index (χ4n) is 5.89. The van der Waals surface area contributed by atoms with Crippen LogP contribution in [0.3, 0.4) is 0 Å². The zero-order valence-corrected chi connectivity index (χ0v) is 21.9. The highest BCUT2D eigenvalue weighted by Crippen LogP contribution is 2.64. The van der Waals surface area contributed by atoms with E-state index in [1.807, 2.05) is 51.1 Å². The first-order valence-electron chi connectivity index (χ1n) is 11.3. The van der Waals surface area contributed by atoms with E-state index in [0.29, 0.717) is 18.6 Å². The number of hydrogen-bond donors (Lipinski definition) is 0. The maximum atomic E-state index is 13.4. The largest absolute Gasteiger partial charge is 0.382 e. The second kappa shape index (κ2) is 8.75. The van der Waals surface area contributed by atoms with Crippen LogP contribution in [0.5, 0.6) is 5.75 Å². The molecule has 2 aromatic rings. The van der Waals surface area contributed by atoms with Gasteiger partial charge in [0, 0.05) is 22.3 Å². The molecule has 0 heterocycles. The summed E-state index contributed by atoms with van der Waals surface area (Å²) in [6, 6.07) is 15.8. The molecule has 0 saturated heterocycles. The minimum Gasteiger partial charge on any atom is -0.382 e. The van der Waals surface area contributed by atoms with Gasteiger partial charge in [-0.2, -0.15) is 8.42 Å². The summed E-state index contributed by atoms with van der Waals surface area (Å²) in [5, 5.41) is 0. The maximum absolute atomic E-state index is 13.4. The summed E-state index contributed by atoms with van der Waals surface area (Å²) in [5.41, 5.74) is 1.94. The van der Waals surface area contributed by atoms with E-state index in [1.54, 1.807) is 6.07 Å². The van der Waals surface area contributed by atoms with E-state index in [2.05, 4.69) is 34.7 Å². The lowest BCUT2D eigenvalue weighted by Gasteiger charge is -2.35. The molecule has 4 rings (SSSR count). The normalized spacial score (nSPS) is 25.1. The Hall–Kier alpha value is -1.41. The topological polar surface area (TPSA) is 60.4 Å². The van der Waals surface area contributed by atoms with Gasteiger partial charge in [0.2, 0.25) is 0 Å². The van der Waals surface area contributed by atoms with Gasteiger partial charge < -0.3 is 4.18 Å². The van der Waals surface area contributed by atoms with Crippen LogP contribution in [0, 0.1) is 23.7 Å². The molecule has 0 aliphatic heterocycles. The molecule has 2 saturated carbocycles. The molecular formula is C26H31IO4S. The summed E-state index contributed by atoms with van der Waals surface area (Å²) in [5.74, 6) is 0.534. The Morgan fingerprint density at radius 2 is 1.88 bits per heavy atom. The summed E-state index contributed by atoms with van der Waals surface area (Å²) in [6.45, 7) is 6.10. The number of rotatable bonds is 8. The molecule has 0 aromatic heterocycles. The molecule has 2 aromatic carbocycles. The van der Waals surface area contributed by atoms with Gasteiger partial charge in [0.1, 0.15) is 11.5 Å². The van der Waals surface area contributed by atoms with Gasteiger partial charge >= 0.3 is 10.1 Å². The molecule has 0 amide bonds. The lowest BCUT2D eigenvalue weighted by Crippen LogP contribution is -2.43. The Morgan fingerprint density at radius 3 is 2.47 bits per heavy atom. The Labute approximate surface area is 205 Å². The first-order chi connectivity index (χ1) is 15.1. The lowest BCUT2D eigenvalue weighted by molar-refractivity contribution is -0.128. The Bertz CT molecular complexity index is 1110. The Kier molecular flexibility index (Phi) is 6.49. The highest BCUT2D eigenvalue weighted by molar-refractivity contribution is 14.1. The quantitative estimate of drug-likeness (QED) is 0.222. The second-order valence-electron chi connectivity index (χ2n) is 9.93. The monoisotopic (exact) mass is 566 g/mol. The van der Waals surface area contributed by atoms with E-state index in [4.69, 9.17) is 4.18 Å². The van der Waals surface area contributed by atoms with Crippen molar-refractivity contribution in [2.75, 3.05) is 10.2 Å². The minimum absolute atomic E-state index is 0.0387. The summed E-state index contributed by atoms with van der Waals surface area (Å²) in [7, 11) is -3.95. The number of fused-ring (bicyclic) bond motifs is 2. The predicted molar refractivity (Wildman–Crippen MR) is 136 cm³/mol. The first-order valence-corrected chi connectivity index (χ1v) is 14.4. The van der Waals surface area contributed by atoms with Crippen LogP contribution in [0.4, 0.5) is 0 Å². The molecule has 4 nitrogen and oxygen atoms in total. The van der Waals surface area contributed by atoms with Gasteiger partial charge in [0.25, 0.3) is 0 Å². The van der Waals surface area contributed by atoms with E-state index < -0.39 is 15.5 Å². The van der Waals surface area contributed by atoms with Crippen LogP contribution in [-0.4, -0.2) is 24.4 Å². The van der Waals surface area contributed by atoms with Crippen molar-refractivity contribution in [3.63, 3.8) is 0 Å². The van der Waals surface area contributed by atoms with Gasteiger partial charge in [-0.15, -0.1) is 0 Å². The van der Waals surface area contributed by atoms with Gasteiger partial charge in [0.15, 0.2) is 0 Å². The fourth-order valence-corrected chi connectivity index (χ4v) is 8.28. The van der Waals surface area contributed by atoms with Gasteiger partial charge in [0.05, 0.1) is 11.2 Å². The summed E-state index contributed by atoms with van der Waals surface area (Å²) in [4.78, 5) is 12.9. The van der Waals surface area contributed by atoms with Crippen molar-refractivity contribution < 1.29 is 17.4 Å². The van der Waals surface area contributed by atoms with E-state index >= 15 is 0 Å². The van der Waals surface area contributed by atoms with Crippen LogP contribution in [0.2, 0.25) is 0 Å². The average Bonchev–Trinajstić information content (AvgIpc) is 3.08. The average molecular weight is 567 g/mol. The number of hydrogen-bond acceptors (Lipinski definition) is 4. The van der Waals surface area contributed by atoms with Crippen LogP contribution in [-0.2, 0) is 14.9 Å². The second-order valence-corrected chi connectivity index (χ2v) is 12.6. The number of carbonyl (C=O) groups is 1. The number of carbonyl (C=O) groups excluding carboxylic acids is 1. The van der Waals surface area contributed by atoms with Crippen LogP contribution in [0.1, 0.15) is 62.1 Å². The van der Waals surface area contributed by atoms with Crippen molar-refractivity contribution in [2.24, 2.45) is 16.7 Å². The molecule has 172 valence electrons. The standard InChI is InChI=1S/C26H31IO4S/c1-18-9-10-23(22(15-18)21(12-14-27)19-7-5-4-6-8-19)31-32(29,30)17-26-13-11-20(16-24(26)28)25(26,2)3/h4-10,15,20-21H,11-14,16-17H2,1-3H3. The highest BCUT2D eigenvalue weighted by atomic mass is 127. The Balaban J connectivity index is 1.68. The zero-order chi connectivity index (χ0) is 23.1. The fraction of sp³-hybridized carbons (Fsp3) is 0.500. The van der Waals surface area contributed by atoms with Crippen molar-refractivity contribution >= 4 is 38.5 Å². The van der Waals surface area contributed by atoms with Crippen LogP contribution in [0.15, 0.2) is 48.5 Å². The number of ketones is 1. The van der Waals surface area contributed by atoms with Gasteiger partial charge in [-0.25, -0.2) is 0 Å². The van der Waals surface area contributed by atoms with E-state index in [0.717, 1.165) is 34.0 Å². The Morgan fingerprint density at radius 1 is 1.16 bits per heavy atom. The molecule has 6 heteroatoms. The third-order valence-corrected chi connectivity index (χ3v) is 9.82. The van der Waals surface area contributed by atoms with Crippen molar-refractivity contribution in [1.29, 1.82) is 0 Å². The molecule has 32 heavy (non-hydrogen) atoms. The number of Topliss-reactive ketones (excluding diaryl/α,β-unsaturated/α-hetero) is 1. The smallest absolute Gasteiger partial charge is 0.310 e. The molecule has 2 fully saturated rings. The maximum Gasteiger partial charge on any atom is 0.310 e. The van der Waals surface area contributed by atoms with Crippen LogP contribution >= 0.6 is 22.6 Å². The number of alkyl halides is 1. The molecular weight excluding hydrogens is 535 g/mol. The molecule has 0 N–H and O–H groups in total. The van der Waals surface area contributed by atoms with Crippen LogP contribution in [0.25, 0.3) is 0 Å². The van der Waals surface area contributed by atoms with Crippen molar-refractivity contribution in [1.82, 2.24) is 0 Å². The van der Waals surface area contributed by atoms with Gasteiger partial charge in [-0.05, 0) is 49.1 Å². The van der Waals surface area contributed by atoms with E-state index in [1.165, 1.54) is 0 Å². The van der Waals surface area contributed by atoms with Gasteiger partial charge in [-0.3, -0.25) is 4.79 Å². The molecule has 2 aliphatic rings.